The van der Waals surface area contributed by atoms with Gasteiger partial charge in [-0.05, 0) is 53.9 Å². The van der Waals surface area contributed by atoms with Crippen LogP contribution < -0.4 is 16.4 Å². The molecular formula is C36H37N5O5. The summed E-state index contributed by atoms with van der Waals surface area (Å²) in [6, 6.07) is 30.3. The minimum absolute atomic E-state index is 0.0254. The van der Waals surface area contributed by atoms with Crippen molar-refractivity contribution in [1.82, 2.24) is 9.55 Å². The van der Waals surface area contributed by atoms with Crippen LogP contribution in [0.25, 0.3) is 11.0 Å². The maximum atomic E-state index is 12.8. The molecular weight excluding hydrogens is 582 g/mol. The van der Waals surface area contributed by atoms with Gasteiger partial charge in [0.2, 0.25) is 11.8 Å². The fourth-order valence-corrected chi connectivity index (χ4v) is 5.63. The van der Waals surface area contributed by atoms with E-state index in [0.29, 0.717) is 36.4 Å². The third kappa shape index (κ3) is 7.60. The zero-order valence-electron chi connectivity index (χ0n) is 25.3. The summed E-state index contributed by atoms with van der Waals surface area (Å²) in [6.45, 7) is 0.564. The van der Waals surface area contributed by atoms with E-state index in [0.717, 1.165) is 27.7 Å². The molecule has 1 fully saturated rings. The van der Waals surface area contributed by atoms with Crippen molar-refractivity contribution in [1.29, 1.82) is 0 Å². The second kappa shape index (κ2) is 14.4. The third-order valence-electron chi connectivity index (χ3n) is 8.03. The first-order valence-electron chi connectivity index (χ1n) is 15.4. The maximum Gasteiger partial charge on any atom is 0.224 e. The van der Waals surface area contributed by atoms with Crippen molar-refractivity contribution >= 4 is 39.9 Å². The molecule has 6 rings (SSSR count). The molecule has 1 saturated heterocycles. The highest BCUT2D eigenvalue weighted by Crippen LogP contribution is 2.39. The van der Waals surface area contributed by atoms with Crippen LogP contribution in [0.4, 0.5) is 17.1 Å². The Labute approximate surface area is 267 Å². The number of aromatic nitrogens is 2. The van der Waals surface area contributed by atoms with Gasteiger partial charge in [0.05, 0.1) is 54.1 Å². The Morgan fingerprint density at radius 1 is 0.870 bits per heavy atom. The van der Waals surface area contributed by atoms with Crippen LogP contribution in [0.2, 0.25) is 0 Å². The largest absolute Gasteiger partial charge is 0.397 e. The fraction of sp³-hybridized carbons (Fsp3) is 0.250. The van der Waals surface area contributed by atoms with E-state index < -0.39 is 6.29 Å². The quantitative estimate of drug-likeness (QED) is 0.131. The number of nitrogens with one attached hydrogen (secondary N) is 2. The molecule has 2 heterocycles. The molecule has 5 aromatic rings. The number of benzene rings is 4. The predicted molar refractivity (Wildman–Crippen MR) is 177 cm³/mol. The summed E-state index contributed by atoms with van der Waals surface area (Å²) >= 11 is 0. The lowest BCUT2D eigenvalue weighted by Gasteiger charge is -2.36. The second-order valence-corrected chi connectivity index (χ2v) is 11.4. The number of aliphatic hydroxyl groups excluding tert-OH is 1. The van der Waals surface area contributed by atoms with Crippen molar-refractivity contribution in [3.05, 3.63) is 120 Å². The number of ether oxygens (including phenoxy) is 2. The Kier molecular flexibility index (Phi) is 9.68. The highest BCUT2D eigenvalue weighted by Gasteiger charge is 2.33. The lowest BCUT2D eigenvalue weighted by Crippen LogP contribution is -2.32. The van der Waals surface area contributed by atoms with Crippen LogP contribution in [0.1, 0.15) is 54.8 Å². The van der Waals surface area contributed by atoms with Gasteiger partial charge in [-0.2, -0.15) is 0 Å². The topological polar surface area (TPSA) is 141 Å². The number of nitrogens with zero attached hydrogens (tertiary/aromatic N) is 2. The minimum Gasteiger partial charge on any atom is -0.397 e. The van der Waals surface area contributed by atoms with E-state index in [1.165, 1.54) is 0 Å². The van der Waals surface area contributed by atoms with Crippen molar-refractivity contribution < 1.29 is 24.2 Å². The number of anilines is 3. The van der Waals surface area contributed by atoms with Crippen molar-refractivity contribution in [2.45, 2.75) is 57.3 Å². The van der Waals surface area contributed by atoms with E-state index in [4.69, 9.17) is 15.2 Å². The first kappa shape index (κ1) is 31.0. The summed E-state index contributed by atoms with van der Waals surface area (Å²) in [5, 5.41) is 15.2. The number of amides is 2. The number of carbonyl (C=O) groups is 2. The molecule has 1 aliphatic rings. The SMILES string of the molecule is Nc1ccccc1NC(=O)CCCC(=O)Nc1cccc([C@H]2O[C@@H](Cn3cnc4ccccc43)C[C@@H](c3ccc(CO)cc3)O2)c1. The lowest BCUT2D eigenvalue weighted by molar-refractivity contribution is -0.252. The second-order valence-electron chi connectivity index (χ2n) is 11.4. The minimum atomic E-state index is -0.679. The molecule has 0 bridgehead atoms. The van der Waals surface area contributed by atoms with Crippen LogP contribution in [0.15, 0.2) is 103 Å². The number of rotatable bonds is 11. The van der Waals surface area contributed by atoms with Crippen LogP contribution in [-0.2, 0) is 32.2 Å². The van der Waals surface area contributed by atoms with E-state index >= 15 is 0 Å². The highest BCUT2D eigenvalue weighted by molar-refractivity contribution is 5.94. The Morgan fingerprint density at radius 2 is 1.63 bits per heavy atom. The molecule has 1 aromatic heterocycles. The van der Waals surface area contributed by atoms with Gasteiger partial charge in [0, 0.05) is 30.5 Å². The van der Waals surface area contributed by atoms with E-state index in [2.05, 4.69) is 20.2 Å². The average Bonchev–Trinajstić information content (AvgIpc) is 3.48. The number of imidazole rings is 1. The molecule has 5 N–H and O–H groups in total. The standard InChI is InChI=1S/C36H37N5O5/c37-29-9-1-2-10-30(29)40-35(44)14-6-13-34(43)39-27-8-5-7-26(19-27)36-45-28(21-41-23-38-31-11-3-4-12-32(31)41)20-33(46-36)25-17-15-24(22-42)16-18-25/h1-5,7-12,15-19,23,28,33,36,42H,6,13-14,20-22,37H2,(H,39,43)(H,40,44)/t28-,33+,36+/m1/s1. The van der Waals surface area contributed by atoms with Gasteiger partial charge in [-0.3, -0.25) is 9.59 Å². The van der Waals surface area contributed by atoms with Crippen molar-refractivity contribution in [2.24, 2.45) is 0 Å². The number of para-hydroxylation sites is 4. The molecule has 0 spiro atoms. The van der Waals surface area contributed by atoms with Gasteiger partial charge in [0.1, 0.15) is 0 Å². The van der Waals surface area contributed by atoms with Gasteiger partial charge in [-0.1, -0.05) is 60.7 Å². The zero-order valence-corrected chi connectivity index (χ0v) is 25.3. The first-order chi connectivity index (χ1) is 22.4. The van der Waals surface area contributed by atoms with Crippen LogP contribution in [0.3, 0.4) is 0 Å². The number of fused-ring (bicyclic) bond motifs is 1. The van der Waals surface area contributed by atoms with Gasteiger partial charge in [0.25, 0.3) is 0 Å². The Balaban J connectivity index is 1.11. The molecule has 0 unspecified atom stereocenters. The van der Waals surface area contributed by atoms with Crippen LogP contribution in [-0.4, -0.2) is 32.6 Å². The summed E-state index contributed by atoms with van der Waals surface area (Å²) in [7, 11) is 0. The highest BCUT2D eigenvalue weighted by atomic mass is 16.7. The summed E-state index contributed by atoms with van der Waals surface area (Å²) in [6.07, 6.45) is 2.12. The van der Waals surface area contributed by atoms with E-state index in [9.17, 15) is 14.7 Å². The van der Waals surface area contributed by atoms with Crippen molar-refractivity contribution in [3.8, 4) is 0 Å². The third-order valence-corrected chi connectivity index (χ3v) is 8.03. The molecule has 0 saturated carbocycles. The van der Waals surface area contributed by atoms with Crippen molar-refractivity contribution in [3.63, 3.8) is 0 Å². The molecule has 1 aliphatic heterocycles. The molecule has 10 nitrogen and oxygen atoms in total. The Hall–Kier alpha value is -5.03. The zero-order chi connectivity index (χ0) is 31.9. The number of carbonyl (C=O) groups excluding carboxylic acids is 2. The fourth-order valence-electron chi connectivity index (χ4n) is 5.63. The monoisotopic (exact) mass is 619 g/mol. The normalized spacial score (nSPS) is 17.9. The summed E-state index contributed by atoms with van der Waals surface area (Å²) in [4.78, 5) is 29.6. The molecule has 2 amide bonds. The van der Waals surface area contributed by atoms with Gasteiger partial charge >= 0.3 is 0 Å². The molecule has 0 radical (unpaired) electrons. The molecule has 236 valence electrons. The van der Waals surface area contributed by atoms with E-state index in [1.54, 1.807) is 24.3 Å². The Bertz CT molecular complexity index is 1800. The van der Waals surface area contributed by atoms with Gasteiger partial charge < -0.3 is 35.5 Å². The first-order valence-corrected chi connectivity index (χ1v) is 15.4. The number of hydrogen-bond acceptors (Lipinski definition) is 7. The molecule has 4 aromatic carbocycles. The van der Waals surface area contributed by atoms with Gasteiger partial charge in [-0.25, -0.2) is 4.98 Å². The van der Waals surface area contributed by atoms with Crippen molar-refractivity contribution in [2.75, 3.05) is 16.4 Å². The number of aliphatic hydroxyl groups is 1. The van der Waals surface area contributed by atoms with E-state index in [-0.39, 0.29) is 43.5 Å². The maximum absolute atomic E-state index is 12.8. The molecule has 10 heteroatoms. The van der Waals surface area contributed by atoms with Crippen LogP contribution >= 0.6 is 0 Å². The number of nitrogen functional groups attached to an aromatic ring is 1. The van der Waals surface area contributed by atoms with Gasteiger partial charge in [0.15, 0.2) is 6.29 Å². The van der Waals surface area contributed by atoms with E-state index in [1.807, 2.05) is 79.1 Å². The number of nitrogens with two attached hydrogens (primary N) is 1. The predicted octanol–water partition coefficient (Wildman–Crippen LogP) is 6.10. The molecule has 3 atom stereocenters. The smallest absolute Gasteiger partial charge is 0.224 e. The Morgan fingerprint density at radius 3 is 2.43 bits per heavy atom. The molecule has 46 heavy (non-hydrogen) atoms. The molecule has 0 aliphatic carbocycles. The lowest BCUT2D eigenvalue weighted by atomic mass is 10.00. The summed E-state index contributed by atoms with van der Waals surface area (Å²) in [5.74, 6) is -0.389. The number of hydrogen-bond donors (Lipinski definition) is 4. The average molecular weight is 620 g/mol. The van der Waals surface area contributed by atoms with Crippen LogP contribution in [0.5, 0.6) is 0 Å². The summed E-state index contributed by atoms with van der Waals surface area (Å²) < 4.78 is 15.1. The van der Waals surface area contributed by atoms with Crippen LogP contribution in [0, 0.1) is 0 Å². The summed E-state index contributed by atoms with van der Waals surface area (Å²) in [5.41, 5.74) is 12.1. The van der Waals surface area contributed by atoms with Gasteiger partial charge in [-0.15, -0.1) is 0 Å².